The van der Waals surface area contributed by atoms with Crippen LogP contribution in [0.25, 0.3) is 10.9 Å². The molecular formula is C37H37N3O6S. The predicted molar refractivity (Wildman–Crippen MR) is 179 cm³/mol. The highest BCUT2D eigenvalue weighted by molar-refractivity contribution is 7.93. The highest BCUT2D eigenvalue weighted by atomic mass is 32.2. The number of aliphatic hydroxyl groups excluding tert-OH is 2. The molecule has 0 radical (unpaired) electrons. The summed E-state index contributed by atoms with van der Waals surface area (Å²) < 4.78 is 43.5. The molecule has 0 spiro atoms. The molecule has 0 bridgehead atoms. The molecule has 9 nitrogen and oxygen atoms in total. The van der Waals surface area contributed by atoms with Crippen molar-refractivity contribution in [3.05, 3.63) is 138 Å². The van der Waals surface area contributed by atoms with Crippen molar-refractivity contribution in [1.82, 2.24) is 9.88 Å². The first-order chi connectivity index (χ1) is 22.9. The van der Waals surface area contributed by atoms with Gasteiger partial charge in [-0.15, -0.1) is 0 Å². The van der Waals surface area contributed by atoms with Crippen LogP contribution in [-0.2, 0) is 26.1 Å². The monoisotopic (exact) mass is 651 g/mol. The van der Waals surface area contributed by atoms with Gasteiger partial charge in [-0.3, -0.25) is 14.6 Å². The van der Waals surface area contributed by atoms with Gasteiger partial charge in [0.05, 0.1) is 30.4 Å². The van der Waals surface area contributed by atoms with Crippen molar-refractivity contribution in [2.45, 2.75) is 48.4 Å². The highest BCUT2D eigenvalue weighted by Gasteiger charge is 2.43. The van der Waals surface area contributed by atoms with Crippen molar-refractivity contribution >= 4 is 26.6 Å². The number of nitrogens with zero attached hydrogens (tertiary/aromatic N) is 2. The van der Waals surface area contributed by atoms with Crippen molar-refractivity contribution < 1.29 is 28.1 Å². The van der Waals surface area contributed by atoms with Crippen molar-refractivity contribution in [3.8, 4) is 0 Å². The van der Waals surface area contributed by atoms with Crippen LogP contribution in [0.4, 0.5) is 5.69 Å². The Kier molecular flexibility index (Phi) is 9.05. The number of nitrogens with one attached hydrogen (secondary N) is 1. The average Bonchev–Trinajstić information content (AvgIpc) is 3.52. The summed E-state index contributed by atoms with van der Waals surface area (Å²) in [6, 6.07) is 33.7. The zero-order valence-electron chi connectivity index (χ0n) is 25.7. The van der Waals surface area contributed by atoms with Gasteiger partial charge < -0.3 is 19.7 Å². The second-order valence-electron chi connectivity index (χ2n) is 12.2. The third-order valence-electron chi connectivity index (χ3n) is 8.95. The molecule has 4 aromatic carbocycles. The molecule has 7 rings (SSSR count). The number of rotatable bonds is 9. The molecule has 2 saturated heterocycles. The third-order valence-corrected chi connectivity index (χ3v) is 10.4. The van der Waals surface area contributed by atoms with Gasteiger partial charge in [0.2, 0.25) is 0 Å². The summed E-state index contributed by atoms with van der Waals surface area (Å²) in [5, 5.41) is 20.7. The molecule has 0 amide bonds. The normalized spacial score (nSPS) is 23.6. The number of pyridine rings is 1. The Bertz CT molecular complexity index is 1930. The molecule has 5 atom stereocenters. The summed E-state index contributed by atoms with van der Waals surface area (Å²) in [6.07, 6.45) is 0.385. The first-order valence-electron chi connectivity index (χ1n) is 15.8. The first kappa shape index (κ1) is 31.4. The van der Waals surface area contributed by atoms with E-state index >= 15 is 0 Å². The minimum absolute atomic E-state index is 0.0584. The number of aliphatic hydroxyl groups is 2. The lowest BCUT2D eigenvalue weighted by molar-refractivity contribution is -0.263. The summed E-state index contributed by atoms with van der Waals surface area (Å²) in [4.78, 5) is 6.64. The van der Waals surface area contributed by atoms with E-state index in [-0.39, 0.29) is 29.6 Å². The Hall–Kier alpha value is -4.16. The maximum absolute atomic E-state index is 13.6. The van der Waals surface area contributed by atoms with E-state index in [1.807, 2.05) is 60.7 Å². The van der Waals surface area contributed by atoms with Crippen LogP contribution >= 0.6 is 0 Å². The predicted octanol–water partition coefficient (Wildman–Crippen LogP) is 5.53. The van der Waals surface area contributed by atoms with Crippen LogP contribution in [0.5, 0.6) is 0 Å². The lowest BCUT2D eigenvalue weighted by Gasteiger charge is -2.44. The summed E-state index contributed by atoms with van der Waals surface area (Å²) in [5.74, 6) is -0.175. The molecular weight excluding hydrogens is 614 g/mol. The number of aromatic nitrogens is 1. The molecule has 0 aliphatic carbocycles. The van der Waals surface area contributed by atoms with Gasteiger partial charge in [0.15, 0.2) is 6.29 Å². The molecule has 242 valence electrons. The van der Waals surface area contributed by atoms with E-state index in [1.165, 1.54) is 0 Å². The number of ether oxygens (including phenoxy) is 2. The molecule has 2 aliphatic rings. The first-order valence-corrected chi connectivity index (χ1v) is 17.3. The lowest BCUT2D eigenvalue weighted by Crippen LogP contribution is -2.44. The van der Waals surface area contributed by atoms with Gasteiger partial charge in [-0.05, 0) is 47.4 Å². The van der Waals surface area contributed by atoms with Gasteiger partial charge in [-0.25, -0.2) is 8.42 Å². The zero-order chi connectivity index (χ0) is 32.4. The molecule has 2 aliphatic heterocycles. The molecule has 1 aromatic heterocycles. The Morgan fingerprint density at radius 1 is 0.851 bits per heavy atom. The number of hydrogen-bond acceptors (Lipinski definition) is 8. The minimum atomic E-state index is -3.97. The maximum Gasteiger partial charge on any atom is 0.264 e. The SMILES string of the molecule is O=S(=O)(Nc1cccc(C2OC(CN3CCC(O)C3)C(c3ccccc3)C(c3ccc(CO)cc3)O2)c1)c1cccc2cccnc12. The fraction of sp³-hybridized carbons (Fsp3) is 0.270. The molecule has 10 heteroatoms. The molecule has 2 fully saturated rings. The van der Waals surface area contributed by atoms with E-state index in [9.17, 15) is 18.6 Å². The topological polar surface area (TPSA) is 121 Å². The van der Waals surface area contributed by atoms with Gasteiger partial charge in [-0.1, -0.05) is 84.9 Å². The van der Waals surface area contributed by atoms with Crippen LogP contribution in [-0.4, -0.2) is 60.4 Å². The highest BCUT2D eigenvalue weighted by Crippen LogP contribution is 2.47. The van der Waals surface area contributed by atoms with Crippen LogP contribution in [0, 0.1) is 0 Å². The molecule has 47 heavy (non-hydrogen) atoms. The number of hydrogen-bond donors (Lipinski definition) is 3. The molecule has 3 heterocycles. The van der Waals surface area contributed by atoms with E-state index in [2.05, 4.69) is 26.7 Å². The van der Waals surface area contributed by atoms with Crippen LogP contribution in [0.3, 0.4) is 0 Å². The zero-order valence-corrected chi connectivity index (χ0v) is 26.5. The van der Waals surface area contributed by atoms with Crippen LogP contribution < -0.4 is 4.72 Å². The Balaban J connectivity index is 1.23. The van der Waals surface area contributed by atoms with E-state index in [1.54, 1.807) is 42.6 Å². The van der Waals surface area contributed by atoms with Crippen molar-refractivity contribution in [2.75, 3.05) is 24.4 Å². The molecule has 3 N–H and O–H groups in total. The Morgan fingerprint density at radius 3 is 2.38 bits per heavy atom. The van der Waals surface area contributed by atoms with E-state index in [0.29, 0.717) is 36.3 Å². The number of fused-ring (bicyclic) bond motifs is 1. The number of para-hydroxylation sites is 1. The van der Waals surface area contributed by atoms with Gasteiger partial charge in [0, 0.05) is 48.4 Å². The van der Waals surface area contributed by atoms with Gasteiger partial charge in [0.1, 0.15) is 4.90 Å². The van der Waals surface area contributed by atoms with E-state index < -0.39 is 22.4 Å². The van der Waals surface area contributed by atoms with Crippen LogP contribution in [0.15, 0.2) is 120 Å². The third kappa shape index (κ3) is 6.80. The summed E-state index contributed by atoms with van der Waals surface area (Å²) >= 11 is 0. The van der Waals surface area contributed by atoms with Gasteiger partial charge in [0.25, 0.3) is 10.0 Å². The van der Waals surface area contributed by atoms with Gasteiger partial charge >= 0.3 is 0 Å². The minimum Gasteiger partial charge on any atom is -0.392 e. The molecule has 0 saturated carbocycles. The molecule has 5 aromatic rings. The number of anilines is 1. The van der Waals surface area contributed by atoms with Crippen molar-refractivity contribution in [1.29, 1.82) is 0 Å². The quantitative estimate of drug-likeness (QED) is 0.190. The second kappa shape index (κ2) is 13.5. The number of benzene rings is 4. The number of β-amino-alcohol motifs (C(OH)–C–C–N with tert-alkyl or cyclic N) is 1. The fourth-order valence-electron chi connectivity index (χ4n) is 6.65. The smallest absolute Gasteiger partial charge is 0.264 e. The summed E-state index contributed by atoms with van der Waals surface area (Å²) in [5.41, 5.74) is 4.24. The van der Waals surface area contributed by atoms with Crippen LogP contribution in [0.1, 0.15) is 47.0 Å². The average molecular weight is 652 g/mol. The van der Waals surface area contributed by atoms with Crippen molar-refractivity contribution in [2.24, 2.45) is 0 Å². The molecule has 5 unspecified atom stereocenters. The standard InChI is InChI=1S/C37H37N3O6S/c41-24-25-14-16-28(17-15-25)36-34(26-7-2-1-3-8-26)32(23-40-20-18-31(42)22-40)45-37(46-36)29-10-4-12-30(21-29)39-47(43,44)33-13-5-9-27-11-6-19-38-35(27)33/h1-17,19,21,31-32,34,36-37,39,41-42H,18,20,22-24H2. The van der Waals surface area contributed by atoms with Crippen LogP contribution in [0.2, 0.25) is 0 Å². The van der Waals surface area contributed by atoms with Gasteiger partial charge in [-0.2, -0.15) is 0 Å². The lowest BCUT2D eigenvalue weighted by atomic mass is 9.83. The summed E-state index contributed by atoms with van der Waals surface area (Å²) in [6.45, 7) is 1.87. The van der Waals surface area contributed by atoms with E-state index in [0.717, 1.165) is 28.6 Å². The van der Waals surface area contributed by atoms with E-state index in [4.69, 9.17) is 9.47 Å². The Morgan fingerprint density at radius 2 is 1.62 bits per heavy atom. The number of likely N-dealkylation sites (tertiary alicyclic amines) is 1. The second-order valence-corrected chi connectivity index (χ2v) is 13.8. The number of sulfonamides is 1. The largest absolute Gasteiger partial charge is 0.392 e. The fourth-order valence-corrected chi connectivity index (χ4v) is 7.88. The maximum atomic E-state index is 13.6. The van der Waals surface area contributed by atoms with Crippen molar-refractivity contribution in [3.63, 3.8) is 0 Å². The Labute approximate surface area is 274 Å². The summed E-state index contributed by atoms with van der Waals surface area (Å²) in [7, 11) is -3.97.